The maximum atomic E-state index is 12.9. The quantitative estimate of drug-likeness (QED) is 0.811. The second-order valence-electron chi connectivity index (χ2n) is 7.92. The Morgan fingerprint density at radius 2 is 2.03 bits per heavy atom. The first-order valence-electron chi connectivity index (χ1n) is 10.4. The van der Waals surface area contributed by atoms with Crippen molar-refractivity contribution in [2.75, 3.05) is 31.1 Å². The van der Waals surface area contributed by atoms with Crippen LogP contribution in [0, 0.1) is 5.92 Å². The first kappa shape index (κ1) is 19.6. The van der Waals surface area contributed by atoms with Crippen LogP contribution in [0.4, 0.5) is 5.82 Å². The Kier molecular flexibility index (Phi) is 5.36. The van der Waals surface area contributed by atoms with E-state index in [9.17, 15) is 9.59 Å². The number of carbonyl (C=O) groups is 2. The van der Waals surface area contributed by atoms with E-state index in [-0.39, 0.29) is 11.8 Å². The van der Waals surface area contributed by atoms with Crippen molar-refractivity contribution in [1.82, 2.24) is 14.8 Å². The number of anilines is 1. The van der Waals surface area contributed by atoms with Gasteiger partial charge in [-0.2, -0.15) is 0 Å². The summed E-state index contributed by atoms with van der Waals surface area (Å²) < 4.78 is 5.79. The summed E-state index contributed by atoms with van der Waals surface area (Å²) in [6.07, 6.45) is 7.43. The highest BCUT2D eigenvalue weighted by atomic mass is 16.5. The van der Waals surface area contributed by atoms with E-state index in [4.69, 9.17) is 10.5 Å². The largest absolute Gasteiger partial charge is 0.488 e. The number of hydrogen-bond acceptors (Lipinski definition) is 5. The van der Waals surface area contributed by atoms with Crippen molar-refractivity contribution >= 4 is 17.6 Å². The lowest BCUT2D eigenvalue weighted by molar-refractivity contribution is -0.129. The summed E-state index contributed by atoms with van der Waals surface area (Å²) in [5.74, 6) is 2.08. The Labute approximate surface area is 171 Å². The van der Waals surface area contributed by atoms with Crippen LogP contribution in [-0.4, -0.2) is 59.0 Å². The zero-order valence-electron chi connectivity index (χ0n) is 17.1. The van der Waals surface area contributed by atoms with Crippen molar-refractivity contribution in [3.63, 3.8) is 0 Å². The van der Waals surface area contributed by atoms with Gasteiger partial charge < -0.3 is 25.3 Å². The van der Waals surface area contributed by atoms with Gasteiger partial charge in [0.1, 0.15) is 18.5 Å². The number of rotatable bonds is 3. The second-order valence-corrected chi connectivity index (χ2v) is 7.92. The molecule has 3 aliphatic rings. The van der Waals surface area contributed by atoms with Crippen molar-refractivity contribution in [3.8, 4) is 5.75 Å². The monoisotopic (exact) mass is 399 g/mol. The predicted octanol–water partition coefficient (Wildman–Crippen LogP) is 2.02. The molecule has 0 aromatic carbocycles. The highest BCUT2D eigenvalue weighted by Gasteiger charge is 2.29. The molecular formula is C21H29N5O3. The normalized spacial score (nSPS) is 22.2. The van der Waals surface area contributed by atoms with Crippen LogP contribution in [-0.2, 0) is 4.79 Å². The standard InChI is InChI=1S/C21H29N5O3/c1-3-19(27)26-9-6-15(12-18(26)22)25-10-11-29-17-13-16(23-20(17)25)21(28)24-7-4-14(2)5-8-24/h6,9,12-14,18,23H,3-5,7-8,10-11,22H2,1-2H3. The number of aromatic amines is 1. The number of nitrogens with zero attached hydrogens (tertiary/aromatic N) is 3. The van der Waals surface area contributed by atoms with E-state index in [2.05, 4.69) is 16.8 Å². The minimum absolute atomic E-state index is 0.0134. The molecule has 1 unspecified atom stereocenters. The Balaban J connectivity index is 1.54. The number of likely N-dealkylation sites (tertiary alicyclic amines) is 1. The summed E-state index contributed by atoms with van der Waals surface area (Å²) in [4.78, 5) is 33.7. The number of amides is 2. The maximum Gasteiger partial charge on any atom is 0.270 e. The number of carbonyl (C=O) groups excluding carboxylic acids is 2. The van der Waals surface area contributed by atoms with Gasteiger partial charge in [-0.1, -0.05) is 13.8 Å². The third-order valence-electron chi connectivity index (χ3n) is 5.88. The molecule has 8 heteroatoms. The van der Waals surface area contributed by atoms with Crippen LogP contribution in [0.1, 0.15) is 43.6 Å². The Bertz CT molecular complexity index is 850. The first-order valence-corrected chi connectivity index (χ1v) is 10.4. The van der Waals surface area contributed by atoms with Crippen molar-refractivity contribution in [3.05, 3.63) is 35.8 Å². The summed E-state index contributed by atoms with van der Waals surface area (Å²) in [5, 5.41) is 0. The number of allylic oxidation sites excluding steroid dienone is 1. The Morgan fingerprint density at radius 3 is 2.72 bits per heavy atom. The van der Waals surface area contributed by atoms with E-state index in [0.717, 1.165) is 37.4 Å². The fraction of sp³-hybridized carbons (Fsp3) is 0.524. The molecule has 0 spiro atoms. The van der Waals surface area contributed by atoms with Crippen molar-refractivity contribution in [1.29, 1.82) is 0 Å². The Hall–Kier alpha value is -2.74. The van der Waals surface area contributed by atoms with Gasteiger partial charge >= 0.3 is 0 Å². The van der Waals surface area contributed by atoms with Crippen LogP contribution in [0.2, 0.25) is 0 Å². The highest BCUT2D eigenvalue weighted by molar-refractivity contribution is 5.94. The van der Waals surface area contributed by atoms with Crippen molar-refractivity contribution in [2.24, 2.45) is 11.7 Å². The predicted molar refractivity (Wildman–Crippen MR) is 110 cm³/mol. The minimum atomic E-state index is -0.514. The SMILES string of the molecule is CCC(=O)N1C=CC(N2CCOc3cc(C(=O)N4CCC(C)CC4)[nH]c32)=CC1N. The molecule has 156 valence electrons. The van der Waals surface area contributed by atoms with Gasteiger partial charge in [-0.15, -0.1) is 0 Å². The van der Waals surface area contributed by atoms with Gasteiger partial charge in [0.15, 0.2) is 11.6 Å². The van der Waals surface area contributed by atoms with Crippen LogP contribution in [0.3, 0.4) is 0 Å². The van der Waals surface area contributed by atoms with Gasteiger partial charge in [-0.05, 0) is 30.9 Å². The van der Waals surface area contributed by atoms with E-state index < -0.39 is 6.17 Å². The molecule has 4 rings (SSSR count). The molecule has 0 radical (unpaired) electrons. The molecule has 1 fully saturated rings. The number of hydrogen-bond donors (Lipinski definition) is 2. The molecular weight excluding hydrogens is 370 g/mol. The molecule has 1 aromatic heterocycles. The van der Waals surface area contributed by atoms with Crippen molar-refractivity contribution in [2.45, 2.75) is 39.3 Å². The van der Waals surface area contributed by atoms with Gasteiger partial charge in [0.2, 0.25) is 5.91 Å². The number of piperidine rings is 1. The van der Waals surface area contributed by atoms with E-state index in [0.29, 0.717) is 36.9 Å². The Morgan fingerprint density at radius 1 is 1.28 bits per heavy atom. The van der Waals surface area contributed by atoms with Crippen LogP contribution in [0.25, 0.3) is 0 Å². The number of H-pyrrole nitrogens is 1. The number of fused-ring (bicyclic) bond motifs is 1. The highest BCUT2D eigenvalue weighted by Crippen LogP contribution is 2.36. The topological polar surface area (TPSA) is 94.9 Å². The number of aromatic nitrogens is 1. The summed E-state index contributed by atoms with van der Waals surface area (Å²) in [6.45, 7) is 6.77. The summed E-state index contributed by atoms with van der Waals surface area (Å²) >= 11 is 0. The molecule has 0 aliphatic carbocycles. The fourth-order valence-corrected chi connectivity index (χ4v) is 4.03. The zero-order valence-corrected chi connectivity index (χ0v) is 17.1. The van der Waals surface area contributed by atoms with Crippen LogP contribution in [0.5, 0.6) is 5.75 Å². The molecule has 3 aliphatic heterocycles. The summed E-state index contributed by atoms with van der Waals surface area (Å²) in [7, 11) is 0. The lowest BCUT2D eigenvalue weighted by atomic mass is 9.99. The maximum absolute atomic E-state index is 12.9. The van der Waals surface area contributed by atoms with E-state index >= 15 is 0 Å². The molecule has 2 amide bonds. The minimum Gasteiger partial charge on any atom is -0.488 e. The third-order valence-corrected chi connectivity index (χ3v) is 5.88. The second kappa shape index (κ2) is 7.94. The van der Waals surface area contributed by atoms with E-state index in [1.807, 2.05) is 24.0 Å². The molecule has 0 saturated carbocycles. The average molecular weight is 399 g/mol. The molecule has 1 atom stereocenters. The molecule has 0 bridgehead atoms. The summed E-state index contributed by atoms with van der Waals surface area (Å²) in [6, 6.07) is 1.79. The third kappa shape index (κ3) is 3.76. The van der Waals surface area contributed by atoms with Crippen LogP contribution < -0.4 is 15.4 Å². The molecule has 1 saturated heterocycles. The number of nitrogens with two attached hydrogens (primary N) is 1. The fourth-order valence-electron chi connectivity index (χ4n) is 4.03. The van der Waals surface area contributed by atoms with Gasteiger partial charge in [-0.3, -0.25) is 14.5 Å². The summed E-state index contributed by atoms with van der Waals surface area (Å²) in [5.41, 5.74) is 7.61. The van der Waals surface area contributed by atoms with Crippen LogP contribution in [0.15, 0.2) is 30.1 Å². The molecule has 1 aromatic rings. The zero-order chi connectivity index (χ0) is 20.5. The molecule has 4 heterocycles. The van der Waals surface area contributed by atoms with Gasteiger partial charge in [0.05, 0.1) is 6.54 Å². The van der Waals surface area contributed by atoms with Gasteiger partial charge in [0, 0.05) is 37.5 Å². The van der Waals surface area contributed by atoms with Crippen molar-refractivity contribution < 1.29 is 14.3 Å². The molecule has 3 N–H and O–H groups in total. The van der Waals surface area contributed by atoms with E-state index in [1.54, 1.807) is 12.3 Å². The number of nitrogens with one attached hydrogen (secondary N) is 1. The average Bonchev–Trinajstić information content (AvgIpc) is 3.17. The lowest BCUT2D eigenvalue weighted by Gasteiger charge is -2.34. The molecule has 8 nitrogen and oxygen atoms in total. The van der Waals surface area contributed by atoms with Gasteiger partial charge in [-0.25, -0.2) is 0 Å². The van der Waals surface area contributed by atoms with Crippen LogP contribution >= 0.6 is 0 Å². The smallest absolute Gasteiger partial charge is 0.270 e. The number of ether oxygens (including phenoxy) is 1. The first-order chi connectivity index (χ1) is 14.0. The molecule has 29 heavy (non-hydrogen) atoms. The van der Waals surface area contributed by atoms with Gasteiger partial charge in [0.25, 0.3) is 5.91 Å². The lowest BCUT2D eigenvalue weighted by Crippen LogP contribution is -2.44. The van der Waals surface area contributed by atoms with E-state index in [1.165, 1.54) is 4.90 Å².